The van der Waals surface area contributed by atoms with E-state index in [1.54, 1.807) is 47.4 Å². The second-order valence-corrected chi connectivity index (χ2v) is 7.77. The predicted octanol–water partition coefficient (Wildman–Crippen LogP) is 6.16. The summed E-state index contributed by atoms with van der Waals surface area (Å²) in [5.74, 6) is 0.319. The molecule has 0 saturated heterocycles. The van der Waals surface area contributed by atoms with E-state index in [0.29, 0.717) is 35.7 Å². The Morgan fingerprint density at radius 1 is 0.935 bits per heavy atom. The fourth-order valence-corrected chi connectivity index (χ4v) is 3.60. The SMILES string of the molecule is CCCOc1ccc(C(=O)Nc2cccc(C(=O)N(CC)c3ccccc3)c2)cc1Br. The number of anilines is 2. The van der Waals surface area contributed by atoms with Crippen molar-refractivity contribution in [2.45, 2.75) is 20.3 Å². The molecular weight excluding hydrogens is 456 g/mol. The van der Waals surface area contributed by atoms with Crippen LogP contribution in [0.1, 0.15) is 41.0 Å². The molecule has 0 spiro atoms. The number of carbonyl (C=O) groups is 2. The Kier molecular flexibility index (Phi) is 7.84. The maximum Gasteiger partial charge on any atom is 0.258 e. The van der Waals surface area contributed by atoms with Crippen molar-refractivity contribution >= 4 is 39.1 Å². The Balaban J connectivity index is 1.75. The first-order valence-electron chi connectivity index (χ1n) is 10.2. The van der Waals surface area contributed by atoms with Gasteiger partial charge in [-0.25, -0.2) is 0 Å². The summed E-state index contributed by atoms with van der Waals surface area (Å²) in [4.78, 5) is 27.5. The molecular formula is C25H25BrN2O3. The largest absolute Gasteiger partial charge is 0.492 e. The molecule has 6 heteroatoms. The normalized spacial score (nSPS) is 10.4. The molecule has 3 aromatic rings. The molecule has 0 aliphatic rings. The molecule has 0 bridgehead atoms. The summed E-state index contributed by atoms with van der Waals surface area (Å²) in [5, 5.41) is 2.87. The summed E-state index contributed by atoms with van der Waals surface area (Å²) in [7, 11) is 0. The Hall–Kier alpha value is -3.12. The fraction of sp³-hybridized carbons (Fsp3) is 0.200. The number of amides is 2. The van der Waals surface area contributed by atoms with Crippen LogP contribution in [0.2, 0.25) is 0 Å². The highest BCUT2D eigenvalue weighted by molar-refractivity contribution is 9.10. The molecule has 0 aliphatic carbocycles. The molecule has 3 rings (SSSR count). The lowest BCUT2D eigenvalue weighted by Crippen LogP contribution is -2.30. The van der Waals surface area contributed by atoms with Crippen molar-refractivity contribution in [3.63, 3.8) is 0 Å². The quantitative estimate of drug-likeness (QED) is 0.420. The Morgan fingerprint density at radius 2 is 1.71 bits per heavy atom. The maximum atomic E-state index is 13.0. The average molecular weight is 481 g/mol. The number of carbonyl (C=O) groups excluding carboxylic acids is 2. The molecule has 0 radical (unpaired) electrons. The van der Waals surface area contributed by atoms with Crippen molar-refractivity contribution < 1.29 is 14.3 Å². The van der Waals surface area contributed by atoms with Crippen LogP contribution in [0, 0.1) is 0 Å². The van der Waals surface area contributed by atoms with Crippen LogP contribution in [-0.2, 0) is 0 Å². The molecule has 0 atom stereocenters. The van der Waals surface area contributed by atoms with E-state index in [-0.39, 0.29) is 11.8 Å². The Morgan fingerprint density at radius 3 is 2.39 bits per heavy atom. The van der Waals surface area contributed by atoms with E-state index in [4.69, 9.17) is 4.74 Å². The van der Waals surface area contributed by atoms with Gasteiger partial charge in [0, 0.05) is 29.0 Å². The van der Waals surface area contributed by atoms with Crippen LogP contribution in [0.25, 0.3) is 0 Å². The molecule has 0 aliphatic heterocycles. The molecule has 1 N–H and O–H groups in total. The molecule has 160 valence electrons. The lowest BCUT2D eigenvalue weighted by Gasteiger charge is -2.21. The molecule has 5 nitrogen and oxygen atoms in total. The van der Waals surface area contributed by atoms with Crippen molar-refractivity contribution in [3.8, 4) is 5.75 Å². The van der Waals surface area contributed by atoms with Crippen LogP contribution in [0.15, 0.2) is 77.3 Å². The smallest absolute Gasteiger partial charge is 0.258 e. The minimum absolute atomic E-state index is 0.120. The average Bonchev–Trinajstić information content (AvgIpc) is 2.79. The molecule has 0 heterocycles. The van der Waals surface area contributed by atoms with Gasteiger partial charge in [-0.05, 0) is 77.8 Å². The summed E-state index contributed by atoms with van der Waals surface area (Å²) < 4.78 is 6.35. The molecule has 0 unspecified atom stereocenters. The van der Waals surface area contributed by atoms with Gasteiger partial charge in [-0.3, -0.25) is 9.59 Å². The lowest BCUT2D eigenvalue weighted by atomic mass is 10.1. The highest BCUT2D eigenvalue weighted by Gasteiger charge is 2.17. The van der Waals surface area contributed by atoms with E-state index in [1.165, 1.54) is 0 Å². The van der Waals surface area contributed by atoms with Crippen LogP contribution in [0.5, 0.6) is 5.75 Å². The Bertz CT molecular complexity index is 1050. The molecule has 0 aromatic heterocycles. The molecule has 31 heavy (non-hydrogen) atoms. The van der Waals surface area contributed by atoms with Gasteiger partial charge in [-0.1, -0.05) is 31.2 Å². The van der Waals surface area contributed by atoms with E-state index in [0.717, 1.165) is 16.6 Å². The van der Waals surface area contributed by atoms with Gasteiger partial charge in [0.1, 0.15) is 5.75 Å². The van der Waals surface area contributed by atoms with Gasteiger partial charge in [0.2, 0.25) is 0 Å². The Labute approximate surface area is 191 Å². The maximum absolute atomic E-state index is 13.0. The van der Waals surface area contributed by atoms with E-state index < -0.39 is 0 Å². The van der Waals surface area contributed by atoms with E-state index >= 15 is 0 Å². The summed E-state index contributed by atoms with van der Waals surface area (Å²) in [5.41, 5.74) is 2.39. The zero-order valence-electron chi connectivity index (χ0n) is 17.6. The van der Waals surface area contributed by atoms with Crippen LogP contribution in [0.4, 0.5) is 11.4 Å². The van der Waals surface area contributed by atoms with Gasteiger partial charge in [-0.2, -0.15) is 0 Å². The van der Waals surface area contributed by atoms with E-state index in [2.05, 4.69) is 21.2 Å². The third kappa shape index (κ3) is 5.73. The minimum atomic E-state index is -0.261. The molecule has 3 aromatic carbocycles. The van der Waals surface area contributed by atoms with Crippen molar-refractivity contribution in [1.29, 1.82) is 0 Å². The van der Waals surface area contributed by atoms with Gasteiger partial charge in [-0.15, -0.1) is 0 Å². The van der Waals surface area contributed by atoms with Gasteiger partial charge in [0.25, 0.3) is 11.8 Å². The van der Waals surface area contributed by atoms with Crippen molar-refractivity contribution in [1.82, 2.24) is 0 Å². The molecule has 0 fully saturated rings. The number of para-hydroxylation sites is 1. The molecule has 0 saturated carbocycles. The third-order valence-corrected chi connectivity index (χ3v) is 5.27. The lowest BCUT2D eigenvalue weighted by molar-refractivity contribution is 0.0985. The number of nitrogens with zero attached hydrogens (tertiary/aromatic N) is 1. The van der Waals surface area contributed by atoms with Gasteiger partial charge >= 0.3 is 0 Å². The minimum Gasteiger partial charge on any atom is -0.492 e. The first-order valence-corrected chi connectivity index (χ1v) is 11.0. The number of benzene rings is 3. The van der Waals surface area contributed by atoms with Crippen LogP contribution < -0.4 is 15.0 Å². The zero-order valence-corrected chi connectivity index (χ0v) is 19.2. The van der Waals surface area contributed by atoms with Crippen LogP contribution >= 0.6 is 15.9 Å². The number of halogens is 1. The second kappa shape index (κ2) is 10.8. The highest BCUT2D eigenvalue weighted by atomic mass is 79.9. The number of hydrogen-bond acceptors (Lipinski definition) is 3. The highest BCUT2D eigenvalue weighted by Crippen LogP contribution is 2.27. The zero-order chi connectivity index (χ0) is 22.2. The van der Waals surface area contributed by atoms with Gasteiger partial charge in [0.15, 0.2) is 0 Å². The predicted molar refractivity (Wildman–Crippen MR) is 128 cm³/mol. The monoisotopic (exact) mass is 480 g/mol. The first-order chi connectivity index (χ1) is 15.0. The van der Waals surface area contributed by atoms with E-state index in [1.807, 2.05) is 44.2 Å². The van der Waals surface area contributed by atoms with E-state index in [9.17, 15) is 9.59 Å². The van der Waals surface area contributed by atoms with Gasteiger partial charge < -0.3 is 15.0 Å². The number of nitrogens with one attached hydrogen (secondary N) is 1. The standard InChI is InChI=1S/C25H25BrN2O3/c1-3-15-31-23-14-13-18(17-22(23)26)24(29)27-20-10-8-9-19(16-20)25(30)28(4-2)21-11-6-5-7-12-21/h5-14,16-17H,3-4,15H2,1-2H3,(H,27,29). The first kappa shape index (κ1) is 22.6. The van der Waals surface area contributed by atoms with Crippen LogP contribution in [-0.4, -0.2) is 25.0 Å². The topological polar surface area (TPSA) is 58.6 Å². The van der Waals surface area contributed by atoms with Crippen molar-refractivity contribution in [3.05, 3.63) is 88.4 Å². The summed E-state index contributed by atoms with van der Waals surface area (Å²) >= 11 is 3.45. The van der Waals surface area contributed by atoms with Crippen molar-refractivity contribution in [2.75, 3.05) is 23.4 Å². The summed E-state index contributed by atoms with van der Waals surface area (Å²) in [6, 6.07) is 21.7. The summed E-state index contributed by atoms with van der Waals surface area (Å²) in [6.07, 6.45) is 0.906. The van der Waals surface area contributed by atoms with Crippen LogP contribution in [0.3, 0.4) is 0 Å². The second-order valence-electron chi connectivity index (χ2n) is 6.91. The number of rotatable bonds is 8. The molecule has 2 amide bonds. The van der Waals surface area contributed by atoms with Crippen molar-refractivity contribution in [2.24, 2.45) is 0 Å². The number of ether oxygens (including phenoxy) is 1. The fourth-order valence-electron chi connectivity index (χ4n) is 3.11. The summed E-state index contributed by atoms with van der Waals surface area (Å²) in [6.45, 7) is 5.12. The number of hydrogen-bond donors (Lipinski definition) is 1. The van der Waals surface area contributed by atoms with Gasteiger partial charge in [0.05, 0.1) is 11.1 Å². The third-order valence-electron chi connectivity index (χ3n) is 4.65.